The number of aromatic nitrogens is 1. The van der Waals surface area contributed by atoms with Gasteiger partial charge in [-0.2, -0.15) is 0 Å². The zero-order valence-corrected chi connectivity index (χ0v) is 11.9. The number of halogens is 2. The Morgan fingerprint density at radius 3 is 2.40 bits per heavy atom. The van der Waals surface area contributed by atoms with Crippen LogP contribution in [0.3, 0.4) is 0 Å². The lowest BCUT2D eigenvalue weighted by atomic mass is 9.84. The molecular weight excluding hydrogens is 279 g/mol. The summed E-state index contributed by atoms with van der Waals surface area (Å²) in [5.41, 5.74) is 0.527. The van der Waals surface area contributed by atoms with Gasteiger partial charge in [-0.1, -0.05) is 17.7 Å². The van der Waals surface area contributed by atoms with Crippen LogP contribution in [0.25, 0.3) is 0 Å². The molecule has 2 aromatic rings. The van der Waals surface area contributed by atoms with Gasteiger partial charge < -0.3 is 5.32 Å². The maximum absolute atomic E-state index is 12.8. The van der Waals surface area contributed by atoms with Crippen molar-refractivity contribution in [3.63, 3.8) is 0 Å². The van der Waals surface area contributed by atoms with Crippen LogP contribution < -0.4 is 5.32 Å². The predicted octanol–water partition coefficient (Wildman–Crippen LogP) is 3.79. The predicted molar refractivity (Wildman–Crippen MR) is 77.3 cm³/mol. The highest BCUT2D eigenvalue weighted by Crippen LogP contribution is 2.25. The fraction of sp³-hybridized carbons (Fsp3) is 0.200. The fourth-order valence-corrected chi connectivity index (χ4v) is 1.81. The molecule has 1 heterocycles. The van der Waals surface area contributed by atoms with Crippen molar-refractivity contribution >= 4 is 23.2 Å². The van der Waals surface area contributed by atoms with Gasteiger partial charge in [0, 0.05) is 11.9 Å². The van der Waals surface area contributed by atoms with Crippen molar-refractivity contribution < 1.29 is 9.18 Å². The van der Waals surface area contributed by atoms with Gasteiger partial charge in [0.15, 0.2) is 0 Å². The number of benzene rings is 1. The number of hydrogen-bond acceptors (Lipinski definition) is 2. The van der Waals surface area contributed by atoms with E-state index in [2.05, 4.69) is 10.3 Å². The standard InChI is InChI=1S/C15H14ClFN2O/c1-15(2,10-3-8-13(16)18-9-10)14(20)19-12-6-4-11(17)5-7-12/h3-9H,1-2H3,(H,19,20). The maximum Gasteiger partial charge on any atom is 0.234 e. The zero-order chi connectivity index (χ0) is 14.8. The smallest absolute Gasteiger partial charge is 0.234 e. The van der Waals surface area contributed by atoms with E-state index in [0.717, 1.165) is 5.56 Å². The minimum Gasteiger partial charge on any atom is -0.325 e. The van der Waals surface area contributed by atoms with Crippen molar-refractivity contribution in [2.45, 2.75) is 19.3 Å². The van der Waals surface area contributed by atoms with Gasteiger partial charge in [-0.3, -0.25) is 4.79 Å². The Morgan fingerprint density at radius 2 is 1.85 bits per heavy atom. The summed E-state index contributed by atoms with van der Waals surface area (Å²) in [5.74, 6) is -0.544. The molecule has 3 nitrogen and oxygen atoms in total. The molecule has 0 radical (unpaired) electrons. The van der Waals surface area contributed by atoms with Crippen molar-refractivity contribution in [3.05, 3.63) is 59.1 Å². The highest BCUT2D eigenvalue weighted by Gasteiger charge is 2.30. The molecule has 1 amide bonds. The molecule has 0 aliphatic rings. The molecule has 0 bridgehead atoms. The lowest BCUT2D eigenvalue weighted by Gasteiger charge is -2.23. The van der Waals surface area contributed by atoms with E-state index in [0.29, 0.717) is 10.8 Å². The monoisotopic (exact) mass is 292 g/mol. The molecule has 1 N–H and O–H groups in total. The number of rotatable bonds is 3. The molecule has 1 aromatic heterocycles. The van der Waals surface area contributed by atoms with Crippen LogP contribution in [0.1, 0.15) is 19.4 Å². The molecule has 5 heteroatoms. The molecule has 0 aliphatic heterocycles. The highest BCUT2D eigenvalue weighted by molar-refractivity contribution is 6.29. The summed E-state index contributed by atoms with van der Waals surface area (Å²) >= 11 is 5.74. The van der Waals surface area contributed by atoms with Gasteiger partial charge in [0.1, 0.15) is 11.0 Å². The number of pyridine rings is 1. The third kappa shape index (κ3) is 3.14. The summed E-state index contributed by atoms with van der Waals surface area (Å²) in [5, 5.41) is 3.13. The van der Waals surface area contributed by atoms with Crippen molar-refractivity contribution in [3.8, 4) is 0 Å². The molecule has 2 rings (SSSR count). The highest BCUT2D eigenvalue weighted by atomic mass is 35.5. The summed E-state index contributed by atoms with van der Waals surface area (Å²) in [6, 6.07) is 9.04. The number of carbonyl (C=O) groups is 1. The second-order valence-corrected chi connectivity index (χ2v) is 5.34. The molecule has 1 aromatic carbocycles. The van der Waals surface area contributed by atoms with Crippen molar-refractivity contribution in [2.75, 3.05) is 5.32 Å². The van der Waals surface area contributed by atoms with E-state index in [1.807, 2.05) is 0 Å². The Hall–Kier alpha value is -1.94. The molecule has 0 aliphatic carbocycles. The molecular formula is C15H14ClFN2O. The van der Waals surface area contributed by atoms with E-state index >= 15 is 0 Å². The minimum absolute atomic E-state index is 0.201. The topological polar surface area (TPSA) is 42.0 Å². The Bertz CT molecular complexity index is 609. The lowest BCUT2D eigenvalue weighted by molar-refractivity contribution is -0.120. The Labute approximate surface area is 121 Å². The van der Waals surface area contributed by atoms with E-state index < -0.39 is 5.41 Å². The van der Waals surface area contributed by atoms with E-state index in [1.165, 1.54) is 24.3 Å². The molecule has 0 fully saturated rings. The van der Waals surface area contributed by atoms with Gasteiger partial charge in [0.25, 0.3) is 0 Å². The van der Waals surface area contributed by atoms with Crippen molar-refractivity contribution in [1.82, 2.24) is 4.98 Å². The summed E-state index contributed by atoms with van der Waals surface area (Å²) in [7, 11) is 0. The second kappa shape index (κ2) is 5.59. The van der Waals surface area contributed by atoms with Gasteiger partial charge in [-0.15, -0.1) is 0 Å². The van der Waals surface area contributed by atoms with Crippen LogP contribution in [0.15, 0.2) is 42.6 Å². The van der Waals surface area contributed by atoms with Gasteiger partial charge in [0.05, 0.1) is 5.41 Å². The first-order valence-electron chi connectivity index (χ1n) is 6.08. The minimum atomic E-state index is -0.772. The number of amides is 1. The van der Waals surface area contributed by atoms with Gasteiger partial charge in [0.2, 0.25) is 5.91 Å². The van der Waals surface area contributed by atoms with Crippen LogP contribution in [0.2, 0.25) is 5.15 Å². The van der Waals surface area contributed by atoms with Gasteiger partial charge >= 0.3 is 0 Å². The first kappa shape index (κ1) is 14.5. The quantitative estimate of drug-likeness (QED) is 0.875. The van der Waals surface area contributed by atoms with E-state index in [1.54, 1.807) is 32.2 Å². The number of anilines is 1. The molecule has 0 saturated heterocycles. The molecule has 0 unspecified atom stereocenters. The largest absolute Gasteiger partial charge is 0.325 e. The Kier molecular flexibility index (Phi) is 4.04. The number of nitrogens with one attached hydrogen (secondary N) is 1. The SMILES string of the molecule is CC(C)(C(=O)Nc1ccc(F)cc1)c1ccc(Cl)nc1. The molecule has 0 saturated carbocycles. The van der Waals surface area contributed by atoms with Crippen LogP contribution in [0.4, 0.5) is 10.1 Å². The first-order chi connectivity index (χ1) is 9.39. The van der Waals surface area contributed by atoms with Crippen molar-refractivity contribution in [2.24, 2.45) is 0 Å². The fourth-order valence-electron chi connectivity index (χ4n) is 1.70. The van der Waals surface area contributed by atoms with Gasteiger partial charge in [-0.25, -0.2) is 9.37 Å². The molecule has 104 valence electrons. The van der Waals surface area contributed by atoms with Crippen molar-refractivity contribution in [1.29, 1.82) is 0 Å². The summed E-state index contributed by atoms with van der Waals surface area (Å²) in [4.78, 5) is 16.3. The first-order valence-corrected chi connectivity index (χ1v) is 6.46. The average Bonchev–Trinajstić information content (AvgIpc) is 2.42. The second-order valence-electron chi connectivity index (χ2n) is 4.96. The summed E-state index contributed by atoms with van der Waals surface area (Å²) in [6.45, 7) is 3.58. The normalized spacial score (nSPS) is 11.2. The molecule has 0 spiro atoms. The lowest BCUT2D eigenvalue weighted by Crippen LogP contribution is -2.34. The Morgan fingerprint density at radius 1 is 1.20 bits per heavy atom. The average molecular weight is 293 g/mol. The van der Waals surface area contributed by atoms with Crippen LogP contribution in [-0.2, 0) is 10.2 Å². The third-order valence-electron chi connectivity index (χ3n) is 3.12. The number of carbonyl (C=O) groups excluding carboxylic acids is 1. The van der Waals surface area contributed by atoms with Crippen LogP contribution in [0.5, 0.6) is 0 Å². The number of hydrogen-bond donors (Lipinski definition) is 1. The number of nitrogens with zero attached hydrogens (tertiary/aromatic N) is 1. The Balaban J connectivity index is 2.18. The zero-order valence-electron chi connectivity index (χ0n) is 11.2. The third-order valence-corrected chi connectivity index (χ3v) is 3.34. The maximum atomic E-state index is 12.8. The van der Waals surface area contributed by atoms with E-state index in [4.69, 9.17) is 11.6 Å². The van der Waals surface area contributed by atoms with Gasteiger partial charge in [-0.05, 0) is 49.7 Å². The van der Waals surface area contributed by atoms with Crippen LogP contribution >= 0.6 is 11.6 Å². The summed E-state index contributed by atoms with van der Waals surface area (Å²) < 4.78 is 12.8. The van der Waals surface area contributed by atoms with Crippen LogP contribution in [-0.4, -0.2) is 10.9 Å². The summed E-state index contributed by atoms with van der Waals surface area (Å²) in [6.07, 6.45) is 1.58. The van der Waals surface area contributed by atoms with E-state index in [9.17, 15) is 9.18 Å². The van der Waals surface area contributed by atoms with Crippen LogP contribution in [0, 0.1) is 5.82 Å². The molecule has 20 heavy (non-hydrogen) atoms. The molecule has 0 atom stereocenters. The van der Waals surface area contributed by atoms with E-state index in [-0.39, 0.29) is 11.7 Å².